The molecule has 1 saturated heterocycles. The van der Waals surface area contributed by atoms with Gasteiger partial charge in [-0.15, -0.1) is 0 Å². The number of ether oxygens (including phenoxy) is 2. The standard InChI is InChI=1S/C13H18O6/c14-6-9-12(10(15)11(16)13(17)19-9)18-7-8-4-2-1-3-5-8/h1-5,9-17H,6-7H2/t9-,10+,11-,12-,13+/m0/s1. The first-order valence-electron chi connectivity index (χ1n) is 6.09. The normalized spacial score (nSPS) is 35.3. The van der Waals surface area contributed by atoms with Crippen LogP contribution in [0.5, 0.6) is 0 Å². The Morgan fingerprint density at radius 3 is 2.37 bits per heavy atom. The minimum Gasteiger partial charge on any atom is -0.394 e. The number of aliphatic hydroxyl groups is 4. The average molecular weight is 270 g/mol. The third kappa shape index (κ3) is 3.30. The van der Waals surface area contributed by atoms with Crippen LogP contribution in [0.25, 0.3) is 0 Å². The Bertz CT molecular complexity index is 382. The van der Waals surface area contributed by atoms with E-state index in [-0.39, 0.29) is 6.61 Å². The molecule has 1 heterocycles. The van der Waals surface area contributed by atoms with Crippen molar-refractivity contribution < 1.29 is 29.9 Å². The van der Waals surface area contributed by atoms with Gasteiger partial charge < -0.3 is 29.9 Å². The van der Waals surface area contributed by atoms with Crippen LogP contribution >= 0.6 is 0 Å². The molecule has 1 fully saturated rings. The summed E-state index contributed by atoms with van der Waals surface area (Å²) in [5, 5.41) is 37.9. The van der Waals surface area contributed by atoms with Crippen LogP contribution in [-0.2, 0) is 16.1 Å². The van der Waals surface area contributed by atoms with E-state index in [4.69, 9.17) is 9.47 Å². The van der Waals surface area contributed by atoms with Crippen LogP contribution in [0.4, 0.5) is 0 Å². The Balaban J connectivity index is 2.00. The summed E-state index contributed by atoms with van der Waals surface area (Å²) in [6.45, 7) is -0.203. The molecule has 2 rings (SSSR count). The number of hydrogen-bond acceptors (Lipinski definition) is 6. The van der Waals surface area contributed by atoms with Crippen LogP contribution < -0.4 is 0 Å². The molecule has 0 aliphatic carbocycles. The van der Waals surface area contributed by atoms with E-state index in [9.17, 15) is 20.4 Å². The number of benzene rings is 1. The maximum Gasteiger partial charge on any atom is 0.184 e. The molecule has 106 valence electrons. The summed E-state index contributed by atoms with van der Waals surface area (Å²) in [4.78, 5) is 0. The van der Waals surface area contributed by atoms with Crippen molar-refractivity contribution in [1.82, 2.24) is 0 Å². The van der Waals surface area contributed by atoms with Crippen molar-refractivity contribution in [3.8, 4) is 0 Å². The SMILES string of the molecule is OC[C@@H]1O[C@@H](O)[C@@H](O)[C@@H](O)[C@H]1OCc1ccccc1. The Morgan fingerprint density at radius 2 is 1.74 bits per heavy atom. The van der Waals surface area contributed by atoms with Crippen LogP contribution in [-0.4, -0.2) is 57.7 Å². The monoisotopic (exact) mass is 270 g/mol. The highest BCUT2D eigenvalue weighted by atomic mass is 16.6. The number of rotatable bonds is 4. The van der Waals surface area contributed by atoms with Crippen molar-refractivity contribution in [2.24, 2.45) is 0 Å². The van der Waals surface area contributed by atoms with Gasteiger partial charge in [0.05, 0.1) is 13.2 Å². The lowest BCUT2D eigenvalue weighted by atomic mass is 9.99. The molecule has 19 heavy (non-hydrogen) atoms. The van der Waals surface area contributed by atoms with Gasteiger partial charge in [-0.25, -0.2) is 0 Å². The van der Waals surface area contributed by atoms with E-state index in [0.29, 0.717) is 0 Å². The van der Waals surface area contributed by atoms with Gasteiger partial charge in [-0.2, -0.15) is 0 Å². The summed E-state index contributed by atoms with van der Waals surface area (Å²) in [6, 6.07) is 9.30. The third-order valence-corrected chi connectivity index (χ3v) is 3.12. The molecule has 0 amide bonds. The van der Waals surface area contributed by atoms with Gasteiger partial charge in [0.2, 0.25) is 0 Å². The summed E-state index contributed by atoms with van der Waals surface area (Å²) < 4.78 is 10.5. The highest BCUT2D eigenvalue weighted by molar-refractivity contribution is 5.13. The second kappa shape index (κ2) is 6.42. The van der Waals surface area contributed by atoms with Crippen LogP contribution in [0.2, 0.25) is 0 Å². The molecule has 1 aromatic carbocycles. The topological polar surface area (TPSA) is 99.4 Å². The predicted octanol–water partition coefficient (Wildman–Crippen LogP) is -0.997. The number of aliphatic hydroxyl groups excluding tert-OH is 4. The lowest BCUT2D eigenvalue weighted by molar-refractivity contribution is -0.295. The van der Waals surface area contributed by atoms with E-state index in [0.717, 1.165) is 5.56 Å². The predicted molar refractivity (Wildman–Crippen MR) is 65.0 cm³/mol. The fraction of sp³-hybridized carbons (Fsp3) is 0.538. The molecule has 0 radical (unpaired) electrons. The summed E-state index contributed by atoms with van der Waals surface area (Å²) in [6.07, 6.45) is -6.07. The van der Waals surface area contributed by atoms with Crippen molar-refractivity contribution in [2.45, 2.75) is 37.3 Å². The van der Waals surface area contributed by atoms with E-state index in [1.807, 2.05) is 30.3 Å². The highest BCUT2D eigenvalue weighted by Crippen LogP contribution is 2.23. The largest absolute Gasteiger partial charge is 0.394 e. The molecule has 4 N–H and O–H groups in total. The summed E-state index contributed by atoms with van der Waals surface area (Å²) in [5.41, 5.74) is 0.895. The van der Waals surface area contributed by atoms with Crippen molar-refractivity contribution in [3.63, 3.8) is 0 Å². The van der Waals surface area contributed by atoms with E-state index in [1.165, 1.54) is 0 Å². The molecule has 1 aromatic rings. The molecule has 0 spiro atoms. The van der Waals surface area contributed by atoms with Crippen molar-refractivity contribution in [1.29, 1.82) is 0 Å². The first kappa shape index (κ1) is 14.4. The Kier molecular flexibility index (Phi) is 4.87. The maximum absolute atomic E-state index is 9.86. The smallest absolute Gasteiger partial charge is 0.184 e. The molecule has 6 nitrogen and oxygen atoms in total. The molecule has 5 atom stereocenters. The minimum absolute atomic E-state index is 0.214. The molecule has 0 unspecified atom stereocenters. The Morgan fingerprint density at radius 1 is 1.05 bits per heavy atom. The van der Waals surface area contributed by atoms with Crippen LogP contribution in [0.3, 0.4) is 0 Å². The lowest BCUT2D eigenvalue weighted by Crippen LogP contribution is -2.59. The average Bonchev–Trinajstić information content (AvgIpc) is 2.44. The molecule has 0 saturated carbocycles. The van der Waals surface area contributed by atoms with E-state index >= 15 is 0 Å². The van der Waals surface area contributed by atoms with Gasteiger partial charge >= 0.3 is 0 Å². The van der Waals surface area contributed by atoms with Crippen LogP contribution in [0.1, 0.15) is 5.56 Å². The van der Waals surface area contributed by atoms with Gasteiger partial charge in [-0.3, -0.25) is 0 Å². The van der Waals surface area contributed by atoms with Gasteiger partial charge in [0.25, 0.3) is 0 Å². The molecular formula is C13H18O6. The Labute approximate surface area is 110 Å². The first-order chi connectivity index (χ1) is 9.13. The maximum atomic E-state index is 9.86. The first-order valence-corrected chi connectivity index (χ1v) is 6.09. The van der Waals surface area contributed by atoms with E-state index in [2.05, 4.69) is 0 Å². The van der Waals surface area contributed by atoms with Crippen molar-refractivity contribution in [2.75, 3.05) is 6.61 Å². The molecule has 1 aliphatic heterocycles. The summed E-state index contributed by atoms with van der Waals surface area (Å²) in [7, 11) is 0. The summed E-state index contributed by atoms with van der Waals surface area (Å²) in [5.74, 6) is 0. The van der Waals surface area contributed by atoms with Crippen molar-refractivity contribution >= 4 is 0 Å². The molecule has 0 bridgehead atoms. The highest BCUT2D eigenvalue weighted by Gasteiger charge is 2.44. The minimum atomic E-state index is -1.52. The zero-order valence-electron chi connectivity index (χ0n) is 10.3. The van der Waals surface area contributed by atoms with Gasteiger partial charge in [-0.1, -0.05) is 30.3 Å². The molecule has 0 aromatic heterocycles. The summed E-state index contributed by atoms with van der Waals surface area (Å²) >= 11 is 0. The molecule has 6 heteroatoms. The van der Waals surface area contributed by atoms with Gasteiger partial charge in [0, 0.05) is 0 Å². The van der Waals surface area contributed by atoms with E-state index in [1.54, 1.807) is 0 Å². The fourth-order valence-electron chi connectivity index (χ4n) is 2.04. The van der Waals surface area contributed by atoms with Crippen molar-refractivity contribution in [3.05, 3.63) is 35.9 Å². The fourth-order valence-corrected chi connectivity index (χ4v) is 2.04. The van der Waals surface area contributed by atoms with Crippen LogP contribution in [0, 0.1) is 0 Å². The zero-order valence-corrected chi connectivity index (χ0v) is 10.3. The second-order valence-electron chi connectivity index (χ2n) is 4.49. The van der Waals surface area contributed by atoms with Gasteiger partial charge in [0.1, 0.15) is 24.4 Å². The van der Waals surface area contributed by atoms with Gasteiger partial charge in [0.15, 0.2) is 6.29 Å². The van der Waals surface area contributed by atoms with E-state index < -0.39 is 37.3 Å². The molecular weight excluding hydrogens is 252 g/mol. The quantitative estimate of drug-likeness (QED) is 0.560. The number of hydrogen-bond donors (Lipinski definition) is 4. The zero-order chi connectivity index (χ0) is 13.8. The van der Waals surface area contributed by atoms with Gasteiger partial charge in [-0.05, 0) is 5.56 Å². The molecule has 1 aliphatic rings. The Hall–Kier alpha value is -1.02. The third-order valence-electron chi connectivity index (χ3n) is 3.12. The van der Waals surface area contributed by atoms with Crippen LogP contribution in [0.15, 0.2) is 30.3 Å². The lowest BCUT2D eigenvalue weighted by Gasteiger charge is -2.39. The second-order valence-corrected chi connectivity index (χ2v) is 4.49.